The minimum atomic E-state index is -0.577. The van der Waals surface area contributed by atoms with Crippen molar-refractivity contribution in [1.82, 2.24) is 5.32 Å². The Bertz CT molecular complexity index is 605. The fourth-order valence-corrected chi connectivity index (χ4v) is 1.94. The average molecular weight is 306 g/mol. The van der Waals surface area contributed by atoms with Crippen LogP contribution in [0.2, 0.25) is 0 Å². The molecule has 7 nitrogen and oxygen atoms in total. The van der Waals surface area contributed by atoms with Crippen molar-refractivity contribution >= 4 is 30.7 Å². The first-order chi connectivity index (χ1) is 10.6. The Kier molecular flexibility index (Phi) is 6.27. The zero-order chi connectivity index (χ0) is 16.7. The van der Waals surface area contributed by atoms with E-state index in [0.717, 1.165) is 0 Å². The first kappa shape index (κ1) is 17.4. The van der Waals surface area contributed by atoms with Gasteiger partial charge in [-0.2, -0.15) is 0 Å². The Morgan fingerprint density at radius 2 is 2.14 bits per heavy atom. The van der Waals surface area contributed by atoms with E-state index in [0.29, 0.717) is 12.8 Å². The highest BCUT2D eigenvalue weighted by atomic mass is 16.7. The quantitative estimate of drug-likeness (QED) is 0.434. The van der Waals surface area contributed by atoms with E-state index in [-0.39, 0.29) is 34.9 Å². The molecule has 1 rings (SSSR count). The number of amides is 1. The molecule has 0 bridgehead atoms. The first-order valence-corrected chi connectivity index (χ1v) is 6.44. The van der Waals surface area contributed by atoms with Gasteiger partial charge in [-0.1, -0.05) is 12.7 Å². The lowest BCUT2D eigenvalue weighted by Gasteiger charge is -2.18. The van der Waals surface area contributed by atoms with Gasteiger partial charge in [0.25, 0.3) is 5.91 Å². The van der Waals surface area contributed by atoms with Gasteiger partial charge in [0.05, 0.1) is 11.1 Å². The summed E-state index contributed by atoms with van der Waals surface area (Å²) in [4.78, 5) is 27.4. The zero-order valence-corrected chi connectivity index (χ0v) is 12.5. The third-order valence-electron chi connectivity index (χ3n) is 2.84. The Hall–Kier alpha value is -2.67. The molecule has 22 heavy (non-hydrogen) atoms. The van der Waals surface area contributed by atoms with E-state index in [1.54, 1.807) is 6.92 Å². The number of phenolic OH excluding ortho intramolecular Hbond substituents is 1. The Morgan fingerprint density at radius 1 is 1.45 bits per heavy atom. The number of hydrogen-bond acceptors (Lipinski definition) is 6. The second-order valence-electron chi connectivity index (χ2n) is 4.12. The lowest BCUT2D eigenvalue weighted by Crippen LogP contribution is -2.25. The maximum Gasteiger partial charge on any atom is 0.256 e. The van der Waals surface area contributed by atoms with Crippen molar-refractivity contribution in [1.29, 1.82) is 0 Å². The Balaban J connectivity index is 3.78. The summed E-state index contributed by atoms with van der Waals surface area (Å²) in [5, 5.41) is 12.7. The molecule has 0 radical (unpaired) electrons. The minimum absolute atomic E-state index is 0.00222. The van der Waals surface area contributed by atoms with Crippen LogP contribution >= 0.6 is 0 Å². The summed E-state index contributed by atoms with van der Waals surface area (Å²) < 4.78 is 10.2. The van der Waals surface area contributed by atoms with Crippen LogP contribution in [0.5, 0.6) is 11.5 Å². The molecule has 0 aliphatic heterocycles. The monoisotopic (exact) mass is 306 g/mol. The second-order valence-corrected chi connectivity index (χ2v) is 4.12. The molecule has 118 valence electrons. The van der Waals surface area contributed by atoms with E-state index in [1.165, 1.54) is 13.2 Å². The van der Waals surface area contributed by atoms with Gasteiger partial charge in [-0.25, -0.2) is 0 Å². The van der Waals surface area contributed by atoms with Crippen molar-refractivity contribution in [2.24, 2.45) is 4.99 Å². The van der Waals surface area contributed by atoms with E-state index in [1.807, 2.05) is 0 Å². The fourth-order valence-electron chi connectivity index (χ4n) is 1.94. The van der Waals surface area contributed by atoms with Crippen molar-refractivity contribution < 1.29 is 24.2 Å². The molecule has 2 N–H and O–H groups in total. The predicted octanol–water partition coefficient (Wildman–Crippen LogP) is 1.91. The smallest absolute Gasteiger partial charge is 0.256 e. The number of aldehydes is 1. The van der Waals surface area contributed by atoms with Crippen LogP contribution in [0.3, 0.4) is 0 Å². The zero-order valence-electron chi connectivity index (χ0n) is 12.5. The van der Waals surface area contributed by atoms with Crippen molar-refractivity contribution in [2.75, 3.05) is 20.4 Å². The van der Waals surface area contributed by atoms with E-state index >= 15 is 0 Å². The van der Waals surface area contributed by atoms with Crippen molar-refractivity contribution in [3.05, 3.63) is 23.3 Å². The van der Waals surface area contributed by atoms with Gasteiger partial charge in [-0.15, -0.1) is 0 Å². The van der Waals surface area contributed by atoms with E-state index in [4.69, 9.17) is 9.47 Å². The molecular weight excluding hydrogens is 288 g/mol. The lowest BCUT2D eigenvalue weighted by molar-refractivity contribution is 0.0504. The number of ether oxygens (including phenoxy) is 2. The van der Waals surface area contributed by atoms with Crippen molar-refractivity contribution in [3.8, 4) is 11.5 Å². The summed E-state index contributed by atoms with van der Waals surface area (Å²) in [5.74, 6) is -0.984. The fraction of sp³-hybridized carbons (Fsp3) is 0.267. The summed E-state index contributed by atoms with van der Waals surface area (Å²) in [7, 11) is 1.41. The number of nitrogens with zero attached hydrogens (tertiary/aromatic N) is 1. The summed E-state index contributed by atoms with van der Waals surface area (Å²) in [5.41, 5.74) is -0.0774. The number of methoxy groups -OCH3 is 1. The van der Waals surface area contributed by atoms with Gasteiger partial charge in [0, 0.05) is 19.2 Å². The molecule has 1 amide bonds. The molecule has 0 aliphatic carbocycles. The number of carbonyl (C=O) groups excluding carboxylic acids is 2. The number of nitrogens with one attached hydrogen (secondary N) is 1. The van der Waals surface area contributed by atoms with Crippen molar-refractivity contribution in [3.63, 3.8) is 0 Å². The van der Waals surface area contributed by atoms with Crippen LogP contribution in [-0.2, 0) is 4.74 Å². The van der Waals surface area contributed by atoms with Crippen LogP contribution in [0.15, 0.2) is 11.6 Å². The van der Waals surface area contributed by atoms with E-state index in [2.05, 4.69) is 23.6 Å². The molecule has 0 saturated carbocycles. The van der Waals surface area contributed by atoms with Gasteiger partial charge in [0.2, 0.25) is 0 Å². The standard InChI is InChI=1S/C15H18N2O5/c1-5-9-12(16-3)14(22-8-21-4)11(15(20)17-6-2)10(7-18)13(9)19/h5,7,19H,1,3,6,8H2,2,4H3,(H,17,20). The summed E-state index contributed by atoms with van der Waals surface area (Å²) in [6.45, 7) is 8.84. The normalized spacial score (nSPS) is 9.91. The lowest BCUT2D eigenvalue weighted by atomic mass is 9.98. The molecule has 0 aliphatic rings. The SMILES string of the molecule is C=Cc1c(O)c(C=O)c(C(=O)NCC)c(OCOC)c1N=C. The molecule has 0 aromatic heterocycles. The summed E-state index contributed by atoms with van der Waals surface area (Å²) in [6.07, 6.45) is 1.67. The molecule has 1 aromatic rings. The number of hydrogen-bond donors (Lipinski definition) is 2. The third-order valence-corrected chi connectivity index (χ3v) is 2.84. The average Bonchev–Trinajstić information content (AvgIpc) is 2.52. The number of aliphatic imine (C=N–C) groups is 1. The van der Waals surface area contributed by atoms with Gasteiger partial charge in [-0.3, -0.25) is 14.6 Å². The molecule has 1 aromatic carbocycles. The van der Waals surface area contributed by atoms with Gasteiger partial charge < -0.3 is 19.9 Å². The molecule has 0 spiro atoms. The molecule has 0 unspecified atom stereocenters. The highest BCUT2D eigenvalue weighted by molar-refractivity contribution is 6.08. The van der Waals surface area contributed by atoms with Gasteiger partial charge >= 0.3 is 0 Å². The molecule has 0 heterocycles. The maximum atomic E-state index is 12.2. The van der Waals surface area contributed by atoms with E-state index in [9.17, 15) is 14.7 Å². The molecule has 7 heteroatoms. The van der Waals surface area contributed by atoms with Crippen LogP contribution in [0, 0.1) is 0 Å². The molecular formula is C15H18N2O5. The second kappa shape index (κ2) is 7.94. The molecule has 0 fully saturated rings. The van der Waals surface area contributed by atoms with Crippen LogP contribution in [0.1, 0.15) is 33.2 Å². The number of carbonyl (C=O) groups is 2. The highest BCUT2D eigenvalue weighted by Gasteiger charge is 2.27. The van der Waals surface area contributed by atoms with E-state index < -0.39 is 11.7 Å². The first-order valence-electron chi connectivity index (χ1n) is 6.44. The van der Waals surface area contributed by atoms with Gasteiger partial charge in [0.15, 0.2) is 18.8 Å². The number of rotatable bonds is 8. The van der Waals surface area contributed by atoms with Gasteiger partial charge in [-0.05, 0) is 13.6 Å². The highest BCUT2D eigenvalue weighted by Crippen LogP contribution is 2.43. The Labute approximate surface area is 128 Å². The van der Waals surface area contributed by atoms with Crippen molar-refractivity contribution in [2.45, 2.75) is 6.92 Å². The summed E-state index contributed by atoms with van der Waals surface area (Å²) >= 11 is 0. The summed E-state index contributed by atoms with van der Waals surface area (Å²) in [6, 6.07) is 0. The van der Waals surface area contributed by atoms with Crippen LogP contribution in [0.4, 0.5) is 5.69 Å². The number of aromatic hydroxyl groups is 1. The van der Waals surface area contributed by atoms with Crippen LogP contribution < -0.4 is 10.1 Å². The van der Waals surface area contributed by atoms with Gasteiger partial charge in [0.1, 0.15) is 11.4 Å². The van der Waals surface area contributed by atoms with Crippen LogP contribution in [0.25, 0.3) is 6.08 Å². The Morgan fingerprint density at radius 3 is 2.59 bits per heavy atom. The number of benzene rings is 1. The largest absolute Gasteiger partial charge is 0.506 e. The molecule has 0 saturated heterocycles. The minimum Gasteiger partial charge on any atom is -0.506 e. The topological polar surface area (TPSA) is 97.2 Å². The molecule has 0 atom stereocenters. The number of phenols is 1. The predicted molar refractivity (Wildman–Crippen MR) is 83.3 cm³/mol. The van der Waals surface area contributed by atoms with Crippen LogP contribution in [-0.4, -0.2) is 44.5 Å². The third kappa shape index (κ3) is 3.15. The maximum absolute atomic E-state index is 12.2.